The average molecular weight is 329 g/mol. The second-order valence-corrected chi connectivity index (χ2v) is 6.27. The molecule has 1 atom stereocenters. The normalized spacial score (nSPS) is 20.5. The molecule has 1 aliphatic heterocycles. The van der Waals surface area contributed by atoms with Crippen LogP contribution in [-0.4, -0.2) is 18.5 Å². The summed E-state index contributed by atoms with van der Waals surface area (Å²) in [6.07, 6.45) is 0. The number of aliphatic imine (C=N–C) groups is 1. The second-order valence-electron chi connectivity index (χ2n) is 5.11. The Balaban J connectivity index is 2.28. The average Bonchev–Trinajstić information content (AvgIpc) is 2.66. The van der Waals surface area contributed by atoms with Gasteiger partial charge >= 0.3 is 0 Å². The van der Waals surface area contributed by atoms with E-state index < -0.39 is 0 Å². The predicted octanol–water partition coefficient (Wildman–Crippen LogP) is 3.48. The number of benzene rings is 1. The molecule has 0 amide bonds. The highest BCUT2D eigenvalue weighted by atomic mass is 127. The van der Waals surface area contributed by atoms with Gasteiger partial charge in [0.05, 0.1) is 6.04 Å². The minimum atomic E-state index is 0.169. The molecule has 1 aromatic rings. The molecule has 0 spiro atoms. The van der Waals surface area contributed by atoms with Crippen molar-refractivity contribution in [2.75, 3.05) is 6.61 Å². The van der Waals surface area contributed by atoms with E-state index in [1.807, 2.05) is 12.1 Å². The van der Waals surface area contributed by atoms with Crippen LogP contribution in [0.1, 0.15) is 26.3 Å². The van der Waals surface area contributed by atoms with Gasteiger partial charge in [0.15, 0.2) is 0 Å². The first-order chi connectivity index (χ1) is 7.48. The summed E-state index contributed by atoms with van der Waals surface area (Å²) in [4.78, 5) is 4.68. The van der Waals surface area contributed by atoms with Gasteiger partial charge in [-0.05, 0) is 40.1 Å². The fourth-order valence-electron chi connectivity index (χ4n) is 1.60. The van der Waals surface area contributed by atoms with Gasteiger partial charge < -0.3 is 4.74 Å². The van der Waals surface area contributed by atoms with Gasteiger partial charge in [0, 0.05) is 9.13 Å². The van der Waals surface area contributed by atoms with Crippen LogP contribution in [0.3, 0.4) is 0 Å². The van der Waals surface area contributed by atoms with E-state index in [2.05, 4.69) is 60.5 Å². The lowest BCUT2D eigenvalue weighted by Gasteiger charge is -2.21. The number of ether oxygens (including phenoxy) is 1. The van der Waals surface area contributed by atoms with Crippen LogP contribution in [0.4, 0.5) is 0 Å². The van der Waals surface area contributed by atoms with Gasteiger partial charge in [0.1, 0.15) is 6.61 Å². The van der Waals surface area contributed by atoms with E-state index in [0.29, 0.717) is 6.61 Å². The zero-order valence-electron chi connectivity index (χ0n) is 9.83. The smallest absolute Gasteiger partial charge is 0.217 e. The van der Waals surface area contributed by atoms with Crippen LogP contribution in [0.5, 0.6) is 0 Å². The summed E-state index contributed by atoms with van der Waals surface area (Å²) < 4.78 is 6.89. The standard InChI is InChI=1S/C13H16INO/c1-13(2,3)11-8-16-12(15-11)9-6-4-5-7-10(9)14/h4-7,11H,8H2,1-3H3/t11-/m0/s1. The van der Waals surface area contributed by atoms with Gasteiger partial charge in [-0.15, -0.1) is 0 Å². The molecule has 0 fully saturated rings. The SMILES string of the molecule is CC(C)(C)[C@@H]1COC(c2ccccc2I)=N1. The van der Waals surface area contributed by atoms with Crippen molar-refractivity contribution in [2.45, 2.75) is 26.8 Å². The Kier molecular flexibility index (Phi) is 3.24. The minimum absolute atomic E-state index is 0.169. The molecular weight excluding hydrogens is 313 g/mol. The van der Waals surface area contributed by atoms with Gasteiger partial charge in [-0.3, -0.25) is 0 Å². The Bertz CT molecular complexity index is 420. The summed E-state index contributed by atoms with van der Waals surface area (Å²) in [5.41, 5.74) is 1.27. The highest BCUT2D eigenvalue weighted by Gasteiger charge is 2.30. The van der Waals surface area contributed by atoms with Gasteiger partial charge in [0.25, 0.3) is 0 Å². The Hall–Kier alpha value is -0.580. The summed E-state index contributed by atoms with van der Waals surface area (Å²) in [7, 11) is 0. The molecule has 0 N–H and O–H groups in total. The van der Waals surface area contributed by atoms with Crippen molar-refractivity contribution in [2.24, 2.45) is 10.4 Å². The number of hydrogen-bond acceptors (Lipinski definition) is 2. The summed E-state index contributed by atoms with van der Waals surface area (Å²) in [6, 6.07) is 8.45. The van der Waals surface area contributed by atoms with Crippen molar-refractivity contribution in [1.82, 2.24) is 0 Å². The molecule has 0 radical (unpaired) electrons. The first kappa shape index (κ1) is 11.9. The Morgan fingerprint density at radius 3 is 2.56 bits per heavy atom. The van der Waals surface area contributed by atoms with Crippen molar-refractivity contribution in [1.29, 1.82) is 0 Å². The van der Waals surface area contributed by atoms with Gasteiger partial charge in [-0.25, -0.2) is 4.99 Å². The lowest BCUT2D eigenvalue weighted by molar-refractivity contribution is 0.236. The van der Waals surface area contributed by atoms with Crippen molar-refractivity contribution in [3.63, 3.8) is 0 Å². The number of rotatable bonds is 1. The molecule has 0 unspecified atom stereocenters. The maximum atomic E-state index is 5.70. The molecule has 2 rings (SSSR count). The number of halogens is 1. The Morgan fingerprint density at radius 1 is 1.31 bits per heavy atom. The van der Waals surface area contributed by atoms with Crippen LogP contribution in [0.15, 0.2) is 29.3 Å². The zero-order valence-corrected chi connectivity index (χ0v) is 12.0. The van der Waals surface area contributed by atoms with Crippen molar-refractivity contribution in [3.05, 3.63) is 33.4 Å². The monoisotopic (exact) mass is 329 g/mol. The molecule has 1 aromatic carbocycles. The van der Waals surface area contributed by atoms with E-state index >= 15 is 0 Å². The summed E-state index contributed by atoms with van der Waals surface area (Å²) >= 11 is 2.32. The van der Waals surface area contributed by atoms with E-state index in [0.717, 1.165) is 11.5 Å². The van der Waals surface area contributed by atoms with E-state index in [1.165, 1.54) is 3.57 Å². The largest absolute Gasteiger partial charge is 0.475 e. The fourth-order valence-corrected chi connectivity index (χ4v) is 2.22. The lowest BCUT2D eigenvalue weighted by atomic mass is 9.88. The topological polar surface area (TPSA) is 21.6 Å². The molecule has 16 heavy (non-hydrogen) atoms. The lowest BCUT2D eigenvalue weighted by Crippen LogP contribution is -2.25. The van der Waals surface area contributed by atoms with E-state index in [1.54, 1.807) is 0 Å². The first-order valence-corrected chi connectivity index (χ1v) is 6.52. The molecule has 1 aliphatic rings. The molecule has 0 aromatic heterocycles. The van der Waals surface area contributed by atoms with Crippen LogP contribution < -0.4 is 0 Å². The molecule has 86 valence electrons. The number of nitrogens with zero attached hydrogens (tertiary/aromatic N) is 1. The molecule has 0 aliphatic carbocycles. The van der Waals surface area contributed by atoms with Crippen LogP contribution in [0.25, 0.3) is 0 Å². The minimum Gasteiger partial charge on any atom is -0.475 e. The number of hydrogen-bond donors (Lipinski definition) is 0. The fraction of sp³-hybridized carbons (Fsp3) is 0.462. The highest BCUT2D eigenvalue weighted by Crippen LogP contribution is 2.28. The van der Waals surface area contributed by atoms with Crippen LogP contribution in [0, 0.1) is 8.99 Å². The van der Waals surface area contributed by atoms with Crippen LogP contribution in [0.2, 0.25) is 0 Å². The maximum absolute atomic E-state index is 5.70. The third kappa shape index (κ3) is 2.39. The molecule has 1 heterocycles. The molecule has 0 bridgehead atoms. The van der Waals surface area contributed by atoms with Crippen molar-refractivity contribution in [3.8, 4) is 0 Å². The van der Waals surface area contributed by atoms with Gasteiger partial charge in [0.2, 0.25) is 5.90 Å². The Labute approximate surface area is 110 Å². The third-order valence-electron chi connectivity index (χ3n) is 2.75. The molecule has 2 nitrogen and oxygen atoms in total. The summed E-state index contributed by atoms with van der Waals surface area (Å²) in [6.45, 7) is 7.29. The van der Waals surface area contributed by atoms with Crippen LogP contribution >= 0.6 is 22.6 Å². The van der Waals surface area contributed by atoms with E-state index in [9.17, 15) is 0 Å². The maximum Gasteiger partial charge on any atom is 0.217 e. The van der Waals surface area contributed by atoms with Crippen molar-refractivity contribution < 1.29 is 4.74 Å². The van der Waals surface area contributed by atoms with E-state index in [4.69, 9.17) is 4.74 Å². The first-order valence-electron chi connectivity index (χ1n) is 5.44. The van der Waals surface area contributed by atoms with Crippen LogP contribution in [-0.2, 0) is 4.74 Å². The molecule has 0 saturated carbocycles. The van der Waals surface area contributed by atoms with Crippen molar-refractivity contribution >= 4 is 28.5 Å². The zero-order chi connectivity index (χ0) is 11.8. The van der Waals surface area contributed by atoms with Gasteiger partial charge in [-0.1, -0.05) is 32.9 Å². The molecular formula is C13H16INO. The summed E-state index contributed by atoms with van der Waals surface area (Å²) in [5, 5.41) is 0. The summed E-state index contributed by atoms with van der Waals surface area (Å²) in [5.74, 6) is 0.796. The highest BCUT2D eigenvalue weighted by molar-refractivity contribution is 14.1. The molecule has 3 heteroatoms. The molecule has 0 saturated heterocycles. The van der Waals surface area contributed by atoms with Gasteiger partial charge in [-0.2, -0.15) is 0 Å². The van der Waals surface area contributed by atoms with E-state index in [-0.39, 0.29) is 11.5 Å². The second kappa shape index (κ2) is 4.35. The predicted molar refractivity (Wildman–Crippen MR) is 74.9 cm³/mol. The quantitative estimate of drug-likeness (QED) is 0.723. The Morgan fingerprint density at radius 2 is 2.00 bits per heavy atom. The third-order valence-corrected chi connectivity index (χ3v) is 3.70.